The van der Waals surface area contributed by atoms with Crippen molar-refractivity contribution >= 4 is 11.9 Å². The van der Waals surface area contributed by atoms with E-state index in [0.29, 0.717) is 12.8 Å². The molecule has 1 aliphatic rings. The van der Waals surface area contributed by atoms with E-state index in [9.17, 15) is 9.59 Å². The summed E-state index contributed by atoms with van der Waals surface area (Å²) in [4.78, 5) is 22.8. The maximum absolute atomic E-state index is 11.4. The van der Waals surface area contributed by atoms with Crippen LogP contribution in [0.25, 0.3) is 0 Å². The zero-order valence-corrected chi connectivity index (χ0v) is 11.6. The Balaban J connectivity index is 2.21. The van der Waals surface area contributed by atoms with E-state index >= 15 is 0 Å². The first kappa shape index (κ1) is 15.7. The highest BCUT2D eigenvalue weighted by atomic mass is 16.8. The quantitative estimate of drug-likeness (QED) is 0.501. The summed E-state index contributed by atoms with van der Waals surface area (Å²) < 4.78 is 15.4. The molecule has 108 valence electrons. The topological polar surface area (TPSA) is 61.8 Å². The van der Waals surface area contributed by atoms with Gasteiger partial charge in [-0.05, 0) is 25.0 Å². The Morgan fingerprint density at radius 2 is 1.37 bits per heavy atom. The summed E-state index contributed by atoms with van der Waals surface area (Å²) in [5.74, 6) is -0.594. The Hall–Kier alpha value is -1.36. The van der Waals surface area contributed by atoms with Crippen LogP contribution in [0.4, 0.5) is 0 Å². The minimum absolute atomic E-state index is 0.297. The molecule has 0 spiro atoms. The summed E-state index contributed by atoms with van der Waals surface area (Å²) in [6.45, 7) is 4.01. The molecule has 0 radical (unpaired) electrons. The number of esters is 2. The fourth-order valence-corrected chi connectivity index (χ4v) is 1.56. The molecule has 0 fully saturated rings. The highest BCUT2D eigenvalue weighted by molar-refractivity contribution is 5.70. The van der Waals surface area contributed by atoms with Crippen molar-refractivity contribution in [1.29, 1.82) is 0 Å². The van der Waals surface area contributed by atoms with Crippen molar-refractivity contribution in [2.45, 2.75) is 65.0 Å². The lowest BCUT2D eigenvalue weighted by molar-refractivity contribution is -0.203. The van der Waals surface area contributed by atoms with Gasteiger partial charge in [0.15, 0.2) is 0 Å². The van der Waals surface area contributed by atoms with E-state index in [0.717, 1.165) is 25.7 Å². The molecule has 2 atom stereocenters. The van der Waals surface area contributed by atoms with Gasteiger partial charge in [-0.2, -0.15) is 0 Å². The number of rotatable bonds is 8. The number of carbonyl (C=O) groups is 2. The zero-order chi connectivity index (χ0) is 14.1. The normalized spacial score (nSPS) is 21.4. The molecular weight excluding hydrogens is 248 g/mol. The number of unbranched alkanes of at least 4 members (excludes halogenated alkanes) is 2. The van der Waals surface area contributed by atoms with Crippen LogP contribution in [0, 0.1) is 0 Å². The van der Waals surface area contributed by atoms with Crippen molar-refractivity contribution < 1.29 is 23.8 Å². The molecular formula is C14H22O5. The molecule has 5 nitrogen and oxygen atoms in total. The zero-order valence-electron chi connectivity index (χ0n) is 11.6. The first-order valence-corrected chi connectivity index (χ1v) is 6.88. The number of carbonyl (C=O) groups excluding carboxylic acids is 2. The largest absolute Gasteiger partial charge is 0.432 e. The van der Waals surface area contributed by atoms with Gasteiger partial charge in [-0.3, -0.25) is 14.3 Å². The third-order valence-electron chi connectivity index (χ3n) is 2.66. The second-order valence-corrected chi connectivity index (χ2v) is 4.44. The summed E-state index contributed by atoms with van der Waals surface area (Å²) >= 11 is 0. The molecule has 0 N–H and O–H groups in total. The SMILES string of the molecule is CCCCC(=O)OC1C=CC(OC(=O)CCCC)O1. The number of hydrogen-bond acceptors (Lipinski definition) is 5. The molecule has 0 bridgehead atoms. The lowest BCUT2D eigenvalue weighted by Gasteiger charge is -2.15. The van der Waals surface area contributed by atoms with E-state index < -0.39 is 12.6 Å². The number of ether oxygens (including phenoxy) is 3. The van der Waals surface area contributed by atoms with E-state index in [1.54, 1.807) is 12.2 Å². The monoisotopic (exact) mass is 270 g/mol. The second-order valence-electron chi connectivity index (χ2n) is 4.44. The van der Waals surface area contributed by atoms with Crippen molar-refractivity contribution in [3.05, 3.63) is 12.2 Å². The van der Waals surface area contributed by atoms with Crippen LogP contribution >= 0.6 is 0 Å². The molecule has 0 saturated carbocycles. The average molecular weight is 270 g/mol. The molecule has 1 aliphatic heterocycles. The van der Waals surface area contributed by atoms with E-state index in [4.69, 9.17) is 14.2 Å². The van der Waals surface area contributed by atoms with E-state index in [1.165, 1.54) is 0 Å². The van der Waals surface area contributed by atoms with Gasteiger partial charge in [0.05, 0.1) is 0 Å². The van der Waals surface area contributed by atoms with Crippen LogP contribution in [0.1, 0.15) is 52.4 Å². The molecule has 1 heterocycles. The Labute approximate surface area is 113 Å². The maximum atomic E-state index is 11.4. The second kappa shape index (κ2) is 8.69. The van der Waals surface area contributed by atoms with Gasteiger partial charge in [0.2, 0.25) is 12.6 Å². The van der Waals surface area contributed by atoms with Crippen molar-refractivity contribution in [1.82, 2.24) is 0 Å². The molecule has 19 heavy (non-hydrogen) atoms. The third-order valence-corrected chi connectivity index (χ3v) is 2.66. The molecule has 0 amide bonds. The molecule has 1 rings (SSSR count). The van der Waals surface area contributed by atoms with Gasteiger partial charge in [0.1, 0.15) is 0 Å². The summed E-state index contributed by atoms with van der Waals surface area (Å²) in [6.07, 6.45) is 5.92. The molecule has 5 heteroatoms. The van der Waals surface area contributed by atoms with Crippen molar-refractivity contribution in [2.24, 2.45) is 0 Å². The maximum Gasteiger partial charge on any atom is 0.308 e. The van der Waals surface area contributed by atoms with Gasteiger partial charge in [-0.1, -0.05) is 26.7 Å². The Morgan fingerprint density at radius 1 is 0.947 bits per heavy atom. The molecule has 0 aromatic carbocycles. The van der Waals surface area contributed by atoms with Crippen molar-refractivity contribution in [3.63, 3.8) is 0 Å². The lowest BCUT2D eigenvalue weighted by Crippen LogP contribution is -2.23. The van der Waals surface area contributed by atoms with Gasteiger partial charge >= 0.3 is 11.9 Å². The summed E-state index contributed by atoms with van der Waals surface area (Å²) in [5.41, 5.74) is 0. The highest BCUT2D eigenvalue weighted by Gasteiger charge is 2.24. The van der Waals surface area contributed by atoms with Gasteiger partial charge in [0.25, 0.3) is 0 Å². The standard InChI is InChI=1S/C14H22O5/c1-3-5-7-11(15)17-13-9-10-14(19-13)18-12(16)8-6-4-2/h9-10,13-14H,3-8H2,1-2H3. The van der Waals surface area contributed by atoms with E-state index in [2.05, 4.69) is 0 Å². The van der Waals surface area contributed by atoms with Crippen LogP contribution in [0.2, 0.25) is 0 Å². The number of hydrogen-bond donors (Lipinski definition) is 0. The predicted octanol–water partition coefficient (Wildman–Crippen LogP) is 2.69. The molecule has 0 aromatic rings. The van der Waals surface area contributed by atoms with Gasteiger partial charge in [-0.15, -0.1) is 0 Å². The Kier molecular flexibility index (Phi) is 7.18. The van der Waals surface area contributed by atoms with Crippen LogP contribution in [0.5, 0.6) is 0 Å². The summed E-state index contributed by atoms with van der Waals surface area (Å²) in [5, 5.41) is 0. The highest BCUT2D eigenvalue weighted by Crippen LogP contribution is 2.15. The van der Waals surface area contributed by atoms with Crippen LogP contribution in [-0.4, -0.2) is 24.5 Å². The smallest absolute Gasteiger partial charge is 0.308 e. The van der Waals surface area contributed by atoms with E-state index in [-0.39, 0.29) is 11.9 Å². The van der Waals surface area contributed by atoms with E-state index in [1.807, 2.05) is 13.8 Å². The Bertz CT molecular complexity index is 294. The third kappa shape index (κ3) is 6.38. The van der Waals surface area contributed by atoms with Gasteiger partial charge < -0.3 is 9.47 Å². The minimum Gasteiger partial charge on any atom is -0.432 e. The summed E-state index contributed by atoms with van der Waals surface area (Å²) in [7, 11) is 0. The Morgan fingerprint density at radius 3 is 1.74 bits per heavy atom. The van der Waals surface area contributed by atoms with Crippen LogP contribution in [0.15, 0.2) is 12.2 Å². The van der Waals surface area contributed by atoms with Crippen molar-refractivity contribution in [2.75, 3.05) is 0 Å². The summed E-state index contributed by atoms with van der Waals surface area (Å²) in [6, 6.07) is 0. The van der Waals surface area contributed by atoms with Crippen LogP contribution < -0.4 is 0 Å². The predicted molar refractivity (Wildman–Crippen MR) is 69.0 cm³/mol. The first-order chi connectivity index (χ1) is 9.15. The van der Waals surface area contributed by atoms with Crippen molar-refractivity contribution in [3.8, 4) is 0 Å². The van der Waals surface area contributed by atoms with Gasteiger partial charge in [0, 0.05) is 12.8 Å². The average Bonchev–Trinajstić information content (AvgIpc) is 2.81. The lowest BCUT2D eigenvalue weighted by atomic mass is 10.2. The van der Waals surface area contributed by atoms with Crippen LogP contribution in [-0.2, 0) is 23.8 Å². The molecule has 0 aromatic heterocycles. The van der Waals surface area contributed by atoms with Gasteiger partial charge in [-0.25, -0.2) is 0 Å². The van der Waals surface area contributed by atoms with Crippen LogP contribution in [0.3, 0.4) is 0 Å². The fourth-order valence-electron chi connectivity index (χ4n) is 1.56. The first-order valence-electron chi connectivity index (χ1n) is 6.88. The fraction of sp³-hybridized carbons (Fsp3) is 0.714. The molecule has 0 saturated heterocycles. The minimum atomic E-state index is -0.742. The molecule has 0 aliphatic carbocycles. The molecule has 2 unspecified atom stereocenters.